The zero-order chi connectivity index (χ0) is 22.1. The molecule has 180 valence electrons. The molecule has 5 aliphatic rings. The van der Waals surface area contributed by atoms with Crippen molar-refractivity contribution in [3.8, 4) is 0 Å². The van der Waals surface area contributed by atoms with Crippen LogP contribution in [0.25, 0.3) is 0 Å². The molecule has 0 aromatic carbocycles. The van der Waals surface area contributed by atoms with Crippen LogP contribution >= 0.6 is 0 Å². The number of fused-ring (bicyclic) bond motifs is 1. The molecule has 4 saturated heterocycles. The van der Waals surface area contributed by atoms with E-state index in [1.54, 1.807) is 0 Å². The quantitative estimate of drug-likeness (QED) is 0.433. The smallest absolute Gasteiger partial charge is 0.280 e. The minimum atomic E-state index is 0.0750. The number of hydrogen-bond donors (Lipinski definition) is 3. The third kappa shape index (κ3) is 4.98. The molecule has 1 saturated carbocycles. The third-order valence-electron chi connectivity index (χ3n) is 8.95. The summed E-state index contributed by atoms with van der Waals surface area (Å²) < 4.78 is 0. The molecule has 5 atom stereocenters. The van der Waals surface area contributed by atoms with Crippen LogP contribution in [0.2, 0.25) is 0 Å². The predicted molar refractivity (Wildman–Crippen MR) is 122 cm³/mol. The van der Waals surface area contributed by atoms with E-state index in [2.05, 4.69) is 32.4 Å². The van der Waals surface area contributed by atoms with E-state index in [0.717, 1.165) is 58.0 Å². The van der Waals surface area contributed by atoms with E-state index in [9.17, 15) is 9.59 Å². The van der Waals surface area contributed by atoms with Gasteiger partial charge in [-0.3, -0.25) is 19.4 Å². The van der Waals surface area contributed by atoms with Gasteiger partial charge in [0.05, 0.1) is 25.7 Å². The normalized spacial score (nSPS) is 37.1. The summed E-state index contributed by atoms with van der Waals surface area (Å²) in [6.45, 7) is 7.95. The number of nitrogens with one attached hydrogen (secondary N) is 2. The Hall–Kier alpha value is -1.22. The molecule has 5 fully saturated rings. The van der Waals surface area contributed by atoms with Crippen LogP contribution in [-0.4, -0.2) is 110 Å². The van der Waals surface area contributed by atoms with E-state index in [1.165, 1.54) is 43.5 Å². The molecule has 0 bridgehead atoms. The van der Waals surface area contributed by atoms with Crippen molar-refractivity contribution < 1.29 is 19.8 Å². The molecule has 8 nitrogen and oxygen atoms in total. The molecular formula is C24H44N6O2+2. The second-order valence-electron chi connectivity index (χ2n) is 11.0. The van der Waals surface area contributed by atoms with E-state index in [-0.39, 0.29) is 18.0 Å². The van der Waals surface area contributed by atoms with Gasteiger partial charge in [0.1, 0.15) is 6.17 Å². The molecule has 0 aromatic rings. The fourth-order valence-corrected chi connectivity index (χ4v) is 6.71. The average molecular weight is 449 g/mol. The maximum Gasteiger partial charge on any atom is 0.280 e. The maximum absolute atomic E-state index is 13.0. The highest BCUT2D eigenvalue weighted by atomic mass is 16.2. The largest absolute Gasteiger partial charge is 0.349 e. The monoisotopic (exact) mass is 448 g/mol. The van der Waals surface area contributed by atoms with Crippen LogP contribution in [0.1, 0.15) is 51.4 Å². The SMILES string of the molecule is CN1[C@@H](CCC(=O)N2CCN(C3CCCC[NH2+]3)CC2)CNC(=O)[C@@H]2[C@@H]1CC[NH+]2CC1CC1. The predicted octanol–water partition coefficient (Wildman–Crippen LogP) is -2.15. The Labute approximate surface area is 193 Å². The topological polar surface area (TPSA) is 76.9 Å². The van der Waals surface area contributed by atoms with Crippen molar-refractivity contribution >= 4 is 11.8 Å². The number of likely N-dealkylation sites (tertiary alicyclic amines) is 1. The molecule has 2 unspecified atom stereocenters. The zero-order valence-electron chi connectivity index (χ0n) is 19.9. The van der Waals surface area contributed by atoms with Gasteiger partial charge >= 0.3 is 0 Å². The Morgan fingerprint density at radius 2 is 1.94 bits per heavy atom. The van der Waals surface area contributed by atoms with Crippen molar-refractivity contribution in [2.24, 2.45) is 5.92 Å². The Morgan fingerprint density at radius 1 is 1.12 bits per heavy atom. The first kappa shape index (κ1) is 22.6. The lowest BCUT2D eigenvalue weighted by Gasteiger charge is -2.39. The number of hydrogen-bond acceptors (Lipinski definition) is 4. The Bertz CT molecular complexity index is 671. The van der Waals surface area contributed by atoms with E-state index >= 15 is 0 Å². The van der Waals surface area contributed by atoms with E-state index in [1.807, 2.05) is 0 Å². The van der Waals surface area contributed by atoms with Crippen molar-refractivity contribution in [3.63, 3.8) is 0 Å². The van der Waals surface area contributed by atoms with E-state index in [0.29, 0.717) is 31.1 Å². The first-order valence-electron chi connectivity index (χ1n) is 13.3. The molecule has 8 heteroatoms. The highest BCUT2D eigenvalue weighted by molar-refractivity contribution is 5.82. The Kier molecular flexibility index (Phi) is 7.02. The molecule has 0 spiro atoms. The van der Waals surface area contributed by atoms with Crippen molar-refractivity contribution in [2.75, 3.05) is 59.4 Å². The van der Waals surface area contributed by atoms with Crippen molar-refractivity contribution in [2.45, 2.75) is 75.7 Å². The number of nitrogens with zero attached hydrogens (tertiary/aromatic N) is 3. The molecule has 32 heavy (non-hydrogen) atoms. The van der Waals surface area contributed by atoms with Gasteiger partial charge in [0, 0.05) is 63.9 Å². The van der Waals surface area contributed by atoms with Gasteiger partial charge in [0.25, 0.3) is 5.91 Å². The number of carbonyl (C=O) groups is 2. The van der Waals surface area contributed by atoms with E-state index < -0.39 is 0 Å². The molecule has 4 heterocycles. The van der Waals surface area contributed by atoms with Crippen LogP contribution in [-0.2, 0) is 9.59 Å². The van der Waals surface area contributed by atoms with Crippen molar-refractivity contribution in [3.05, 3.63) is 0 Å². The van der Waals surface area contributed by atoms with Crippen LogP contribution in [0.3, 0.4) is 0 Å². The number of quaternary nitrogens is 2. The number of carbonyl (C=O) groups excluding carboxylic acids is 2. The number of piperazine rings is 1. The lowest BCUT2D eigenvalue weighted by atomic mass is 10.0. The van der Waals surface area contributed by atoms with Crippen LogP contribution in [0.15, 0.2) is 0 Å². The highest BCUT2D eigenvalue weighted by Gasteiger charge is 2.49. The van der Waals surface area contributed by atoms with Gasteiger partial charge in [-0.05, 0) is 39.2 Å². The van der Waals surface area contributed by atoms with Gasteiger partial charge in [-0.2, -0.15) is 0 Å². The Balaban J connectivity index is 1.10. The number of rotatable bonds is 6. The summed E-state index contributed by atoms with van der Waals surface area (Å²) in [6, 6.07) is 0.656. The summed E-state index contributed by atoms with van der Waals surface area (Å²) in [5, 5.41) is 5.72. The molecule has 0 aromatic heterocycles. The number of likely N-dealkylation sites (N-methyl/N-ethyl adjacent to an activating group) is 1. The van der Waals surface area contributed by atoms with Crippen LogP contribution in [0.4, 0.5) is 0 Å². The maximum atomic E-state index is 13.0. The molecular weight excluding hydrogens is 404 g/mol. The molecule has 4 aliphatic heterocycles. The van der Waals surface area contributed by atoms with Crippen molar-refractivity contribution in [1.29, 1.82) is 0 Å². The number of nitrogens with two attached hydrogens (primary N) is 1. The van der Waals surface area contributed by atoms with Crippen LogP contribution in [0, 0.1) is 5.92 Å². The van der Waals surface area contributed by atoms with Gasteiger partial charge in [-0.1, -0.05) is 0 Å². The average Bonchev–Trinajstić information content (AvgIpc) is 3.56. The van der Waals surface area contributed by atoms with E-state index in [4.69, 9.17) is 0 Å². The van der Waals surface area contributed by atoms with Gasteiger partial charge in [0.15, 0.2) is 6.04 Å². The third-order valence-corrected chi connectivity index (χ3v) is 8.95. The standard InChI is InChI=1S/C24H42N6O2/c1-27-19(16-26-24(32)23-20(27)9-11-30(23)17-18-5-6-18)7-8-22(31)29-14-12-28(13-15-29)21-4-2-3-10-25-21/h18-21,23,25H,2-17H2,1H3,(H,26,32)/p+2/t19-,20-,21?,23-/m0/s1. The molecule has 0 radical (unpaired) electrons. The summed E-state index contributed by atoms with van der Waals surface area (Å²) in [6.07, 6.45) is 9.82. The van der Waals surface area contributed by atoms with Crippen LogP contribution in [0.5, 0.6) is 0 Å². The Morgan fingerprint density at radius 3 is 2.66 bits per heavy atom. The molecule has 1 aliphatic carbocycles. The second-order valence-corrected chi connectivity index (χ2v) is 11.0. The lowest BCUT2D eigenvalue weighted by Crippen LogP contribution is -3.16. The minimum absolute atomic E-state index is 0.0750. The summed E-state index contributed by atoms with van der Waals surface area (Å²) in [5.41, 5.74) is 0. The van der Waals surface area contributed by atoms with Gasteiger partial charge in [-0.25, -0.2) is 0 Å². The van der Waals surface area contributed by atoms with Gasteiger partial charge in [-0.15, -0.1) is 0 Å². The lowest BCUT2D eigenvalue weighted by molar-refractivity contribution is -0.905. The fraction of sp³-hybridized carbons (Fsp3) is 0.917. The summed E-state index contributed by atoms with van der Waals surface area (Å²) >= 11 is 0. The fourth-order valence-electron chi connectivity index (χ4n) is 6.71. The van der Waals surface area contributed by atoms with Crippen molar-refractivity contribution in [1.82, 2.24) is 20.0 Å². The summed E-state index contributed by atoms with van der Waals surface area (Å²) in [4.78, 5) is 34.5. The number of amides is 2. The first-order valence-corrected chi connectivity index (χ1v) is 13.3. The number of piperidine rings is 1. The summed E-state index contributed by atoms with van der Waals surface area (Å²) in [7, 11) is 2.19. The molecule has 2 amide bonds. The first-order chi connectivity index (χ1) is 15.6. The zero-order valence-corrected chi connectivity index (χ0v) is 19.9. The molecule has 4 N–H and O–H groups in total. The highest BCUT2D eigenvalue weighted by Crippen LogP contribution is 2.28. The minimum Gasteiger partial charge on any atom is -0.349 e. The van der Waals surface area contributed by atoms with Gasteiger partial charge < -0.3 is 20.4 Å². The summed E-state index contributed by atoms with van der Waals surface area (Å²) in [5.74, 6) is 1.37. The second kappa shape index (κ2) is 9.95. The van der Waals surface area contributed by atoms with Crippen LogP contribution < -0.4 is 15.5 Å². The molecule has 5 rings (SSSR count). The van der Waals surface area contributed by atoms with Gasteiger partial charge in [0.2, 0.25) is 5.91 Å².